The molecule has 0 aliphatic rings. The Balaban J connectivity index is 0.00000219. The summed E-state index contributed by atoms with van der Waals surface area (Å²) >= 11 is 0. The average molecular weight is 833 g/mol. The third-order valence-corrected chi connectivity index (χ3v) is 13.0. The molecule has 13 rings (SSSR count). The van der Waals surface area contributed by atoms with E-state index >= 15 is 0 Å². The lowest BCUT2D eigenvalue weighted by atomic mass is 9.93. The maximum absolute atomic E-state index is 4.50. The summed E-state index contributed by atoms with van der Waals surface area (Å²) < 4.78 is 7.15. The largest absolute Gasteiger partial charge is 0.333 e. The zero-order valence-electron chi connectivity index (χ0n) is 35.9. The summed E-state index contributed by atoms with van der Waals surface area (Å²) in [7, 11) is 1.50. The zero-order valence-corrected chi connectivity index (χ0v) is 35.9. The molecular formula is C61H44N4. The Bertz CT molecular complexity index is 3300. The second kappa shape index (κ2) is 15.7. The van der Waals surface area contributed by atoms with Crippen molar-refractivity contribution in [2.45, 2.75) is 0 Å². The molecule has 4 nitrogen and oxygen atoms in total. The van der Waals surface area contributed by atoms with Crippen LogP contribution in [0.15, 0.2) is 237 Å². The van der Waals surface area contributed by atoms with E-state index in [9.17, 15) is 0 Å². The molecule has 0 atom stereocenters. The zero-order chi connectivity index (χ0) is 43.4. The van der Waals surface area contributed by atoms with Crippen molar-refractivity contribution in [1.29, 1.82) is 0 Å². The third kappa shape index (κ3) is 6.26. The molecule has 3 aromatic heterocycles. The first-order chi connectivity index (χ1) is 32.2. The monoisotopic (exact) mass is 832 g/mol. The Morgan fingerprint density at radius 1 is 0.215 bits per heavy atom. The Labute approximate surface area is 377 Å². The molecule has 4 heteroatoms. The number of para-hydroxylation sites is 6. The molecule has 0 fully saturated rings. The van der Waals surface area contributed by atoms with Gasteiger partial charge < -0.3 is 19.4 Å². The van der Waals surface area contributed by atoms with Gasteiger partial charge in [0.2, 0.25) is 0 Å². The maximum atomic E-state index is 4.50. The summed E-state index contributed by atoms with van der Waals surface area (Å²) in [5.41, 5.74) is 22.3. The molecule has 0 spiro atoms. The number of fused-ring (bicyclic) bond motifs is 9. The predicted octanol–water partition coefficient (Wildman–Crippen LogP) is 15.6. The summed E-state index contributed by atoms with van der Waals surface area (Å²) in [6.45, 7) is 0. The van der Waals surface area contributed by atoms with Gasteiger partial charge in [0.1, 0.15) is 0 Å². The maximum Gasteiger partial charge on any atom is 0.0541 e. The van der Waals surface area contributed by atoms with Crippen molar-refractivity contribution in [3.63, 3.8) is 0 Å². The van der Waals surface area contributed by atoms with Crippen LogP contribution in [0.5, 0.6) is 0 Å². The van der Waals surface area contributed by atoms with Crippen molar-refractivity contribution in [1.82, 2.24) is 13.7 Å². The number of aromatic nitrogens is 3. The van der Waals surface area contributed by atoms with Crippen LogP contribution in [0.1, 0.15) is 0 Å². The van der Waals surface area contributed by atoms with Crippen molar-refractivity contribution in [3.8, 4) is 50.4 Å². The molecule has 0 aliphatic carbocycles. The van der Waals surface area contributed by atoms with E-state index < -0.39 is 0 Å². The van der Waals surface area contributed by atoms with Gasteiger partial charge in [0.05, 0.1) is 33.1 Å². The smallest absolute Gasteiger partial charge is 0.0541 e. The van der Waals surface area contributed by atoms with Gasteiger partial charge >= 0.3 is 0 Å². The lowest BCUT2D eigenvalue weighted by Crippen LogP contribution is -1.95. The van der Waals surface area contributed by atoms with Gasteiger partial charge in [-0.25, -0.2) is 0 Å². The second-order valence-electron chi connectivity index (χ2n) is 16.5. The Hall–Kier alpha value is -8.44. The van der Waals surface area contributed by atoms with Gasteiger partial charge in [-0.3, -0.25) is 0 Å². The molecule has 0 amide bonds. The number of hydrogen-bond acceptors (Lipinski definition) is 1. The van der Waals surface area contributed by atoms with Gasteiger partial charge in [0.25, 0.3) is 0 Å². The quantitative estimate of drug-likeness (QED) is 0.178. The fourth-order valence-corrected chi connectivity index (χ4v) is 10.1. The summed E-state index contributed by atoms with van der Waals surface area (Å²) in [6.07, 6.45) is 0. The fraction of sp³-hybridized carbons (Fsp3) is 0.0164. The number of rotatable bonds is 6. The van der Waals surface area contributed by atoms with Crippen molar-refractivity contribution in [3.05, 3.63) is 237 Å². The molecule has 0 aliphatic heterocycles. The van der Waals surface area contributed by atoms with E-state index in [1.165, 1.54) is 106 Å². The van der Waals surface area contributed by atoms with E-state index in [1.807, 2.05) is 0 Å². The van der Waals surface area contributed by atoms with E-state index in [0.29, 0.717) is 0 Å². The Morgan fingerprint density at radius 3 is 0.600 bits per heavy atom. The molecule has 0 unspecified atom stereocenters. The Morgan fingerprint density at radius 2 is 0.400 bits per heavy atom. The summed E-state index contributed by atoms with van der Waals surface area (Å²) in [5.74, 6) is 0. The highest BCUT2D eigenvalue weighted by molar-refractivity contribution is 6.11. The van der Waals surface area contributed by atoms with Crippen LogP contribution in [0.4, 0.5) is 0 Å². The first kappa shape index (κ1) is 38.3. The van der Waals surface area contributed by atoms with Crippen LogP contribution in [0.25, 0.3) is 116 Å². The van der Waals surface area contributed by atoms with Gasteiger partial charge in [-0.05, 0) is 131 Å². The lowest BCUT2D eigenvalue weighted by Gasteiger charge is -2.14. The molecule has 308 valence electrons. The minimum Gasteiger partial charge on any atom is -0.333 e. The summed E-state index contributed by atoms with van der Waals surface area (Å²) in [6, 6.07) is 86.5. The van der Waals surface area contributed by atoms with Crippen molar-refractivity contribution < 1.29 is 0 Å². The van der Waals surface area contributed by atoms with Crippen LogP contribution in [-0.4, -0.2) is 20.7 Å². The molecule has 0 saturated heterocycles. The van der Waals surface area contributed by atoms with E-state index in [2.05, 4.69) is 256 Å². The van der Waals surface area contributed by atoms with Crippen LogP contribution in [0.2, 0.25) is 0 Å². The number of nitrogens with two attached hydrogens (primary N) is 1. The highest BCUT2D eigenvalue weighted by Gasteiger charge is 2.16. The van der Waals surface area contributed by atoms with Crippen LogP contribution in [-0.2, 0) is 0 Å². The molecule has 65 heavy (non-hydrogen) atoms. The Kier molecular flexibility index (Phi) is 9.25. The van der Waals surface area contributed by atoms with E-state index in [-0.39, 0.29) is 0 Å². The number of nitrogens with zero attached hydrogens (tertiary/aromatic N) is 3. The highest BCUT2D eigenvalue weighted by atomic mass is 15.0. The van der Waals surface area contributed by atoms with Crippen molar-refractivity contribution >= 4 is 65.4 Å². The number of benzene rings is 10. The summed E-state index contributed by atoms with van der Waals surface area (Å²) in [5, 5.41) is 7.60. The standard InChI is InChI=1S/C60H39N3.CH5N/c1-7-19-55-49(13-1)50-14-2-8-20-56(50)61(55)46-31-25-40(26-32-46)43-37-44(41-27-33-47(34-28-41)62-57-21-9-3-15-51(57)52-16-4-10-22-58(52)62)39-45(38-43)42-29-35-48(36-30-42)63-59-23-11-5-17-53(59)54-18-6-12-24-60(54)63;1-2/h1-39H;2H2,1H3. The van der Waals surface area contributed by atoms with Gasteiger partial charge in [-0.1, -0.05) is 146 Å². The minimum atomic E-state index is 1.15. The van der Waals surface area contributed by atoms with Crippen LogP contribution >= 0.6 is 0 Å². The SMILES string of the molecule is CN.c1ccc2c(c1)c1ccccc1n2-c1ccc(-c2cc(-c3ccc(-n4c5ccccc5c5ccccc54)cc3)cc(-c3ccc(-n4c5ccccc5c5ccccc54)cc3)c2)cc1. The molecule has 0 saturated carbocycles. The second-order valence-corrected chi connectivity index (χ2v) is 16.5. The molecular weight excluding hydrogens is 789 g/mol. The normalized spacial score (nSPS) is 11.5. The molecule has 13 aromatic rings. The van der Waals surface area contributed by atoms with E-state index in [4.69, 9.17) is 0 Å². The predicted molar refractivity (Wildman–Crippen MR) is 276 cm³/mol. The minimum absolute atomic E-state index is 1.15. The lowest BCUT2D eigenvalue weighted by molar-refractivity contribution is 1.18. The third-order valence-electron chi connectivity index (χ3n) is 13.0. The highest BCUT2D eigenvalue weighted by Crippen LogP contribution is 2.38. The van der Waals surface area contributed by atoms with E-state index in [1.54, 1.807) is 0 Å². The molecule has 2 N–H and O–H groups in total. The molecule has 0 radical (unpaired) electrons. The van der Waals surface area contributed by atoms with Crippen molar-refractivity contribution in [2.24, 2.45) is 5.73 Å². The summed E-state index contributed by atoms with van der Waals surface area (Å²) in [4.78, 5) is 0. The first-order valence-corrected chi connectivity index (χ1v) is 22.3. The van der Waals surface area contributed by atoms with Crippen LogP contribution in [0, 0.1) is 0 Å². The van der Waals surface area contributed by atoms with Crippen molar-refractivity contribution in [2.75, 3.05) is 7.05 Å². The van der Waals surface area contributed by atoms with Crippen LogP contribution < -0.4 is 5.73 Å². The fourth-order valence-electron chi connectivity index (χ4n) is 10.1. The average Bonchev–Trinajstić information content (AvgIpc) is 4.03. The van der Waals surface area contributed by atoms with Gasteiger partial charge in [0, 0.05) is 49.4 Å². The van der Waals surface area contributed by atoms with E-state index in [0.717, 1.165) is 17.1 Å². The first-order valence-electron chi connectivity index (χ1n) is 22.3. The van der Waals surface area contributed by atoms with Gasteiger partial charge in [-0.2, -0.15) is 0 Å². The molecule has 3 heterocycles. The molecule has 0 bridgehead atoms. The van der Waals surface area contributed by atoms with Gasteiger partial charge in [-0.15, -0.1) is 0 Å². The topological polar surface area (TPSA) is 40.8 Å². The molecule has 10 aromatic carbocycles. The number of hydrogen-bond donors (Lipinski definition) is 1. The van der Waals surface area contributed by atoms with Gasteiger partial charge in [0.15, 0.2) is 0 Å². The van der Waals surface area contributed by atoms with Crippen LogP contribution in [0.3, 0.4) is 0 Å².